The number of aromatic nitrogens is 4. The number of hydrogen-bond donors (Lipinski definition) is 0. The zero-order valence-electron chi connectivity index (χ0n) is 13.6. The summed E-state index contributed by atoms with van der Waals surface area (Å²) >= 11 is 1.25. The Balaban J connectivity index is 1.54. The Labute approximate surface area is 152 Å². The highest BCUT2D eigenvalue weighted by Gasteiger charge is 2.30. The lowest BCUT2D eigenvalue weighted by atomic mass is 10.1. The van der Waals surface area contributed by atoms with Crippen LogP contribution in [0.2, 0.25) is 0 Å². The summed E-state index contributed by atoms with van der Waals surface area (Å²) in [7, 11) is 0. The molecule has 5 nitrogen and oxygen atoms in total. The predicted octanol–water partition coefficient (Wildman–Crippen LogP) is 3.93. The topological polar surface area (TPSA) is 60.7 Å². The lowest BCUT2D eigenvalue weighted by molar-refractivity contribution is 0.102. The largest absolute Gasteiger partial charge is 0.299 e. The highest BCUT2D eigenvalue weighted by molar-refractivity contribution is 7.99. The highest BCUT2D eigenvalue weighted by Crippen LogP contribution is 2.41. The van der Waals surface area contributed by atoms with Gasteiger partial charge in [-0.1, -0.05) is 11.8 Å². The van der Waals surface area contributed by atoms with Gasteiger partial charge in [0.1, 0.15) is 0 Å². The molecule has 0 N–H and O–H groups in total. The van der Waals surface area contributed by atoms with Crippen molar-refractivity contribution in [2.75, 3.05) is 5.75 Å². The first-order valence-electron chi connectivity index (χ1n) is 8.10. The fraction of sp³-hybridized carbons (Fsp3) is 0.222. The van der Waals surface area contributed by atoms with Gasteiger partial charge in [0.05, 0.1) is 5.75 Å². The van der Waals surface area contributed by atoms with Gasteiger partial charge >= 0.3 is 0 Å². The third-order valence-corrected chi connectivity index (χ3v) is 5.03. The van der Waals surface area contributed by atoms with Crippen molar-refractivity contribution in [3.05, 3.63) is 59.9 Å². The van der Waals surface area contributed by atoms with E-state index in [-0.39, 0.29) is 17.1 Å². The predicted molar refractivity (Wildman–Crippen MR) is 92.9 cm³/mol. The van der Waals surface area contributed by atoms with E-state index in [0.29, 0.717) is 11.2 Å². The maximum absolute atomic E-state index is 13.3. The molecule has 4 rings (SSSR count). The zero-order chi connectivity index (χ0) is 18.1. The van der Waals surface area contributed by atoms with Crippen LogP contribution in [0.4, 0.5) is 8.78 Å². The first kappa shape index (κ1) is 16.8. The van der Waals surface area contributed by atoms with E-state index in [2.05, 4.69) is 15.2 Å². The molecule has 0 amide bonds. The first-order chi connectivity index (χ1) is 12.6. The van der Waals surface area contributed by atoms with Gasteiger partial charge in [-0.05, 0) is 43.2 Å². The molecule has 1 aliphatic rings. The quantitative estimate of drug-likeness (QED) is 0.485. The van der Waals surface area contributed by atoms with Crippen molar-refractivity contribution in [2.24, 2.45) is 0 Å². The molecule has 0 spiro atoms. The van der Waals surface area contributed by atoms with Gasteiger partial charge in [-0.3, -0.25) is 14.3 Å². The molecule has 0 radical (unpaired) electrons. The first-order valence-corrected chi connectivity index (χ1v) is 9.08. The van der Waals surface area contributed by atoms with E-state index in [1.165, 1.54) is 17.8 Å². The fourth-order valence-electron chi connectivity index (χ4n) is 2.62. The average molecular weight is 372 g/mol. The van der Waals surface area contributed by atoms with Crippen LogP contribution in [0.5, 0.6) is 0 Å². The highest BCUT2D eigenvalue weighted by atomic mass is 32.2. The van der Waals surface area contributed by atoms with Crippen LogP contribution in [-0.2, 0) is 0 Å². The number of pyridine rings is 1. The molecule has 1 aromatic carbocycles. The summed E-state index contributed by atoms with van der Waals surface area (Å²) in [5.41, 5.74) is 1.06. The number of benzene rings is 1. The number of ketones is 1. The Morgan fingerprint density at radius 3 is 2.58 bits per heavy atom. The van der Waals surface area contributed by atoms with Gasteiger partial charge in [0.15, 0.2) is 28.4 Å². The number of Topliss-reactive ketones (excluding diaryl/α,β-unsaturated/α-hetero) is 1. The van der Waals surface area contributed by atoms with E-state index in [9.17, 15) is 13.6 Å². The summed E-state index contributed by atoms with van der Waals surface area (Å²) in [6.45, 7) is 0. The van der Waals surface area contributed by atoms with Crippen molar-refractivity contribution in [2.45, 2.75) is 24.0 Å². The molecule has 1 fully saturated rings. The summed E-state index contributed by atoms with van der Waals surface area (Å²) < 4.78 is 28.4. The van der Waals surface area contributed by atoms with Gasteiger partial charge in [-0.2, -0.15) is 0 Å². The molecule has 1 aliphatic carbocycles. The Hall–Kier alpha value is -2.61. The Morgan fingerprint density at radius 2 is 1.88 bits per heavy atom. The molecular formula is C18H14F2N4OS. The number of carbonyl (C=O) groups excluding carboxylic acids is 1. The number of thioether (sulfide) groups is 1. The van der Waals surface area contributed by atoms with Crippen molar-refractivity contribution in [1.29, 1.82) is 0 Å². The monoisotopic (exact) mass is 372 g/mol. The van der Waals surface area contributed by atoms with Crippen LogP contribution in [0, 0.1) is 11.6 Å². The van der Waals surface area contributed by atoms with Crippen molar-refractivity contribution in [3.8, 4) is 11.4 Å². The molecule has 0 aliphatic heterocycles. The van der Waals surface area contributed by atoms with Crippen LogP contribution < -0.4 is 0 Å². The van der Waals surface area contributed by atoms with Crippen molar-refractivity contribution in [1.82, 2.24) is 19.7 Å². The van der Waals surface area contributed by atoms with Crippen LogP contribution in [0.3, 0.4) is 0 Å². The van der Waals surface area contributed by atoms with Crippen LogP contribution in [-0.4, -0.2) is 31.3 Å². The van der Waals surface area contributed by atoms with Crippen molar-refractivity contribution >= 4 is 17.5 Å². The minimum absolute atomic E-state index is 0.0757. The summed E-state index contributed by atoms with van der Waals surface area (Å²) in [5.74, 6) is -1.46. The summed E-state index contributed by atoms with van der Waals surface area (Å²) in [4.78, 5) is 16.3. The van der Waals surface area contributed by atoms with Gasteiger partial charge in [0, 0.05) is 29.6 Å². The van der Waals surface area contributed by atoms with E-state index in [1.54, 1.807) is 12.4 Å². The summed E-state index contributed by atoms with van der Waals surface area (Å²) in [6.07, 6.45) is 5.48. The Bertz CT molecular complexity index is 957. The van der Waals surface area contributed by atoms with Crippen LogP contribution in [0.15, 0.2) is 47.9 Å². The fourth-order valence-corrected chi connectivity index (χ4v) is 3.52. The van der Waals surface area contributed by atoms with E-state index in [4.69, 9.17) is 0 Å². The molecule has 0 saturated heterocycles. The molecule has 1 saturated carbocycles. The average Bonchev–Trinajstić information content (AvgIpc) is 3.41. The van der Waals surface area contributed by atoms with Crippen LogP contribution in [0.25, 0.3) is 11.4 Å². The molecule has 132 valence electrons. The van der Waals surface area contributed by atoms with Gasteiger partial charge in [-0.15, -0.1) is 10.2 Å². The smallest absolute Gasteiger partial charge is 0.192 e. The lowest BCUT2D eigenvalue weighted by Gasteiger charge is -2.08. The standard InChI is InChI=1S/C18H14F2N4OS/c19-14-4-1-12(9-15(14)20)16(25)10-26-18-23-22-17(24(18)13-2-3-13)11-5-7-21-8-6-11/h1,4-9,13H,2-3,10H2. The number of carbonyl (C=O) groups is 1. The summed E-state index contributed by atoms with van der Waals surface area (Å²) in [6, 6.07) is 7.23. The molecule has 0 atom stereocenters. The second-order valence-electron chi connectivity index (χ2n) is 5.98. The van der Waals surface area contributed by atoms with Crippen molar-refractivity contribution < 1.29 is 13.6 Å². The molecule has 2 aromatic heterocycles. The summed E-state index contributed by atoms with van der Waals surface area (Å²) in [5, 5.41) is 9.14. The van der Waals surface area contributed by atoms with Gasteiger partial charge in [-0.25, -0.2) is 8.78 Å². The minimum atomic E-state index is -1.03. The molecule has 0 bridgehead atoms. The second-order valence-corrected chi connectivity index (χ2v) is 6.93. The molecule has 3 aromatic rings. The number of halogens is 2. The number of rotatable bonds is 6. The van der Waals surface area contributed by atoms with E-state index in [0.717, 1.165) is 36.4 Å². The van der Waals surface area contributed by atoms with Crippen LogP contribution >= 0.6 is 11.8 Å². The lowest BCUT2D eigenvalue weighted by Crippen LogP contribution is -2.06. The van der Waals surface area contributed by atoms with E-state index < -0.39 is 11.6 Å². The van der Waals surface area contributed by atoms with E-state index in [1.807, 2.05) is 16.7 Å². The molecule has 8 heteroatoms. The minimum Gasteiger partial charge on any atom is -0.299 e. The van der Waals surface area contributed by atoms with Gasteiger partial charge in [0.25, 0.3) is 0 Å². The number of nitrogens with zero attached hydrogens (tertiary/aromatic N) is 4. The van der Waals surface area contributed by atoms with Gasteiger partial charge in [0.2, 0.25) is 0 Å². The number of hydrogen-bond acceptors (Lipinski definition) is 5. The third kappa shape index (κ3) is 3.37. The normalized spacial score (nSPS) is 13.8. The van der Waals surface area contributed by atoms with Crippen LogP contribution in [0.1, 0.15) is 29.2 Å². The third-order valence-electron chi connectivity index (χ3n) is 4.09. The molecule has 0 unspecified atom stereocenters. The SMILES string of the molecule is O=C(CSc1nnc(-c2ccncc2)n1C1CC1)c1ccc(F)c(F)c1. The van der Waals surface area contributed by atoms with Gasteiger partial charge < -0.3 is 0 Å². The maximum atomic E-state index is 13.3. The van der Waals surface area contributed by atoms with Crippen molar-refractivity contribution in [3.63, 3.8) is 0 Å². The zero-order valence-corrected chi connectivity index (χ0v) is 14.4. The Morgan fingerprint density at radius 1 is 1.12 bits per heavy atom. The molecular weight excluding hydrogens is 358 g/mol. The second kappa shape index (κ2) is 6.95. The maximum Gasteiger partial charge on any atom is 0.192 e. The molecule has 2 heterocycles. The molecule has 26 heavy (non-hydrogen) atoms. The Kier molecular flexibility index (Phi) is 4.50. The van der Waals surface area contributed by atoms with E-state index >= 15 is 0 Å².